The standard InChI is InChI=1S/C22H22N2O4S/c1-24(13-14-28-19-11-9-18(27-2)10-12-19)22(26)16-5-7-17(8-6-16)23-21(25)20-4-3-15-29-20/h3-12,15H,13-14H2,1-2H3,(H,23,25). The maximum Gasteiger partial charge on any atom is 0.265 e. The normalized spacial score (nSPS) is 10.3. The van der Waals surface area contributed by atoms with Gasteiger partial charge in [-0.15, -0.1) is 11.3 Å². The lowest BCUT2D eigenvalue weighted by atomic mass is 10.2. The molecule has 0 bridgehead atoms. The van der Waals surface area contributed by atoms with Gasteiger partial charge in [0.2, 0.25) is 0 Å². The lowest BCUT2D eigenvalue weighted by Gasteiger charge is -2.18. The zero-order valence-corrected chi connectivity index (χ0v) is 17.1. The van der Waals surface area contributed by atoms with Crippen LogP contribution < -0.4 is 14.8 Å². The van der Waals surface area contributed by atoms with Crippen molar-refractivity contribution in [2.24, 2.45) is 0 Å². The first-order chi connectivity index (χ1) is 14.1. The molecule has 0 spiro atoms. The van der Waals surface area contributed by atoms with E-state index in [1.54, 1.807) is 49.4 Å². The number of nitrogens with zero attached hydrogens (tertiary/aromatic N) is 1. The van der Waals surface area contributed by atoms with E-state index in [0.29, 0.717) is 29.3 Å². The number of benzene rings is 2. The topological polar surface area (TPSA) is 67.9 Å². The van der Waals surface area contributed by atoms with Crippen LogP contribution in [0.3, 0.4) is 0 Å². The van der Waals surface area contributed by atoms with Crippen molar-refractivity contribution in [3.05, 3.63) is 76.5 Å². The van der Waals surface area contributed by atoms with Gasteiger partial charge in [0.15, 0.2) is 0 Å². The molecular formula is C22H22N2O4S. The number of likely N-dealkylation sites (N-methyl/N-ethyl adjacent to an activating group) is 1. The molecule has 3 aromatic rings. The average molecular weight is 410 g/mol. The molecule has 1 aromatic heterocycles. The molecule has 0 aliphatic rings. The fourth-order valence-corrected chi connectivity index (χ4v) is 3.21. The maximum atomic E-state index is 12.6. The minimum absolute atomic E-state index is 0.112. The fraction of sp³-hybridized carbons (Fsp3) is 0.182. The SMILES string of the molecule is COc1ccc(OCCN(C)C(=O)c2ccc(NC(=O)c3cccs3)cc2)cc1. The van der Waals surface area contributed by atoms with E-state index >= 15 is 0 Å². The Morgan fingerprint density at radius 2 is 1.69 bits per heavy atom. The van der Waals surface area contributed by atoms with Crippen LogP contribution in [0.15, 0.2) is 66.0 Å². The maximum absolute atomic E-state index is 12.6. The third kappa shape index (κ3) is 5.58. The first kappa shape index (κ1) is 20.4. The zero-order valence-electron chi connectivity index (χ0n) is 16.3. The van der Waals surface area contributed by atoms with Gasteiger partial charge in [-0.25, -0.2) is 0 Å². The summed E-state index contributed by atoms with van der Waals surface area (Å²) < 4.78 is 10.8. The lowest BCUT2D eigenvalue weighted by Crippen LogP contribution is -2.30. The van der Waals surface area contributed by atoms with Gasteiger partial charge in [-0.3, -0.25) is 9.59 Å². The molecule has 0 radical (unpaired) electrons. The quantitative estimate of drug-likeness (QED) is 0.606. The summed E-state index contributed by atoms with van der Waals surface area (Å²) in [6, 6.07) is 17.7. The summed E-state index contributed by atoms with van der Waals surface area (Å²) >= 11 is 1.38. The minimum atomic E-state index is -0.160. The summed E-state index contributed by atoms with van der Waals surface area (Å²) in [5, 5.41) is 4.67. The molecule has 0 aliphatic carbocycles. The second-order valence-corrected chi connectivity index (χ2v) is 7.21. The molecule has 3 rings (SSSR count). The zero-order chi connectivity index (χ0) is 20.6. The number of amides is 2. The number of anilines is 1. The van der Waals surface area contributed by atoms with Gasteiger partial charge in [-0.2, -0.15) is 0 Å². The van der Waals surface area contributed by atoms with Crippen molar-refractivity contribution in [1.29, 1.82) is 0 Å². The highest BCUT2D eigenvalue weighted by molar-refractivity contribution is 7.12. The highest BCUT2D eigenvalue weighted by Gasteiger charge is 2.12. The molecule has 0 saturated heterocycles. The average Bonchev–Trinajstić information content (AvgIpc) is 3.29. The fourth-order valence-electron chi connectivity index (χ4n) is 2.59. The van der Waals surface area contributed by atoms with Gasteiger partial charge in [0.25, 0.3) is 11.8 Å². The Hall–Kier alpha value is -3.32. The van der Waals surface area contributed by atoms with E-state index in [9.17, 15) is 9.59 Å². The Labute approximate surface area is 173 Å². The van der Waals surface area contributed by atoms with E-state index in [1.807, 2.05) is 35.7 Å². The van der Waals surface area contributed by atoms with Crippen molar-refractivity contribution >= 4 is 28.8 Å². The van der Waals surface area contributed by atoms with Crippen molar-refractivity contribution in [3.63, 3.8) is 0 Å². The summed E-state index contributed by atoms with van der Waals surface area (Å²) in [7, 11) is 3.34. The lowest BCUT2D eigenvalue weighted by molar-refractivity contribution is 0.0773. The number of thiophene rings is 1. The van der Waals surface area contributed by atoms with Crippen molar-refractivity contribution in [2.75, 3.05) is 32.6 Å². The summed E-state index contributed by atoms with van der Waals surface area (Å²) in [4.78, 5) is 26.9. The Kier molecular flexibility index (Phi) is 6.86. The van der Waals surface area contributed by atoms with Crippen molar-refractivity contribution < 1.29 is 19.1 Å². The number of hydrogen-bond donors (Lipinski definition) is 1. The van der Waals surface area contributed by atoms with E-state index in [4.69, 9.17) is 9.47 Å². The molecule has 7 heteroatoms. The van der Waals surface area contributed by atoms with Crippen molar-refractivity contribution in [3.8, 4) is 11.5 Å². The largest absolute Gasteiger partial charge is 0.497 e. The first-order valence-corrected chi connectivity index (χ1v) is 9.92. The number of carbonyl (C=O) groups is 2. The summed E-state index contributed by atoms with van der Waals surface area (Å²) in [5.41, 5.74) is 1.19. The molecule has 0 unspecified atom stereocenters. The van der Waals surface area contributed by atoms with Crippen LogP contribution in [0.25, 0.3) is 0 Å². The molecule has 0 aliphatic heterocycles. The molecule has 1 N–H and O–H groups in total. The van der Waals surface area contributed by atoms with E-state index in [2.05, 4.69) is 5.32 Å². The third-order valence-electron chi connectivity index (χ3n) is 4.24. The number of methoxy groups -OCH3 is 1. The van der Waals surface area contributed by atoms with Gasteiger partial charge in [0.1, 0.15) is 18.1 Å². The predicted octanol–water partition coefficient (Wildman–Crippen LogP) is 4.16. The van der Waals surface area contributed by atoms with E-state index < -0.39 is 0 Å². The van der Waals surface area contributed by atoms with Gasteiger partial charge in [0.05, 0.1) is 18.5 Å². The van der Waals surface area contributed by atoms with Crippen LogP contribution in [0.4, 0.5) is 5.69 Å². The highest BCUT2D eigenvalue weighted by Crippen LogP contribution is 2.17. The van der Waals surface area contributed by atoms with Crippen molar-refractivity contribution in [2.45, 2.75) is 0 Å². The number of hydrogen-bond acceptors (Lipinski definition) is 5. The summed E-state index contributed by atoms with van der Waals surface area (Å²) in [6.45, 7) is 0.825. The van der Waals surface area contributed by atoms with Crippen LogP contribution in [-0.4, -0.2) is 44.0 Å². The Morgan fingerprint density at radius 1 is 1.00 bits per heavy atom. The number of rotatable bonds is 8. The van der Waals surface area contributed by atoms with Crippen LogP contribution >= 0.6 is 11.3 Å². The second-order valence-electron chi connectivity index (χ2n) is 6.26. The highest BCUT2D eigenvalue weighted by atomic mass is 32.1. The van der Waals surface area contributed by atoms with Gasteiger partial charge in [0, 0.05) is 18.3 Å². The third-order valence-corrected chi connectivity index (χ3v) is 5.10. The Balaban J connectivity index is 1.49. The van der Waals surface area contributed by atoms with Crippen LogP contribution in [0.1, 0.15) is 20.0 Å². The van der Waals surface area contributed by atoms with E-state index in [1.165, 1.54) is 11.3 Å². The number of nitrogens with one attached hydrogen (secondary N) is 1. The molecule has 6 nitrogen and oxygen atoms in total. The van der Waals surface area contributed by atoms with E-state index in [-0.39, 0.29) is 11.8 Å². The van der Waals surface area contributed by atoms with Gasteiger partial charge >= 0.3 is 0 Å². The van der Waals surface area contributed by atoms with Crippen LogP contribution in [0.2, 0.25) is 0 Å². The van der Waals surface area contributed by atoms with E-state index in [0.717, 1.165) is 11.5 Å². The van der Waals surface area contributed by atoms with Crippen LogP contribution in [-0.2, 0) is 0 Å². The molecule has 1 heterocycles. The molecule has 2 amide bonds. The molecule has 150 valence electrons. The predicted molar refractivity (Wildman–Crippen MR) is 114 cm³/mol. The summed E-state index contributed by atoms with van der Waals surface area (Å²) in [5.74, 6) is 1.21. The smallest absolute Gasteiger partial charge is 0.265 e. The Morgan fingerprint density at radius 3 is 2.31 bits per heavy atom. The molecular weight excluding hydrogens is 388 g/mol. The number of ether oxygens (including phenoxy) is 2. The molecule has 2 aromatic carbocycles. The second kappa shape index (κ2) is 9.75. The molecule has 0 fully saturated rings. The molecule has 0 saturated carbocycles. The van der Waals surface area contributed by atoms with Crippen molar-refractivity contribution in [1.82, 2.24) is 4.90 Å². The Bertz CT molecular complexity index is 938. The van der Waals surface area contributed by atoms with Crippen LogP contribution in [0.5, 0.6) is 11.5 Å². The van der Waals surface area contributed by atoms with Gasteiger partial charge in [-0.05, 0) is 60.0 Å². The molecule has 0 atom stereocenters. The summed E-state index contributed by atoms with van der Waals surface area (Å²) in [6.07, 6.45) is 0. The van der Waals surface area contributed by atoms with Crippen LogP contribution in [0, 0.1) is 0 Å². The molecule has 29 heavy (non-hydrogen) atoms. The monoisotopic (exact) mass is 410 g/mol. The van der Waals surface area contributed by atoms with Gasteiger partial charge in [-0.1, -0.05) is 6.07 Å². The first-order valence-electron chi connectivity index (χ1n) is 9.04. The minimum Gasteiger partial charge on any atom is -0.497 e. The van der Waals surface area contributed by atoms with Gasteiger partial charge < -0.3 is 19.7 Å². The number of carbonyl (C=O) groups excluding carboxylic acids is 2.